The highest BCUT2D eigenvalue weighted by Crippen LogP contribution is 2.33. The highest BCUT2D eigenvalue weighted by Gasteiger charge is 2.27. The average molecular weight is 470 g/mol. The van der Waals surface area contributed by atoms with Crippen LogP contribution in [0.1, 0.15) is 22.6 Å². The second-order valence-corrected chi connectivity index (χ2v) is 8.83. The molecule has 0 saturated carbocycles. The molecule has 0 atom stereocenters. The fourth-order valence-electron chi connectivity index (χ4n) is 4.15. The van der Waals surface area contributed by atoms with Crippen LogP contribution in [-0.4, -0.2) is 30.0 Å². The lowest BCUT2D eigenvalue weighted by Gasteiger charge is -2.36. The Morgan fingerprint density at radius 2 is 1.51 bits per heavy atom. The number of pyridine rings is 1. The number of benzene rings is 3. The van der Waals surface area contributed by atoms with Gasteiger partial charge >= 0.3 is 0 Å². The van der Waals surface area contributed by atoms with Crippen LogP contribution in [0, 0.1) is 5.82 Å². The van der Waals surface area contributed by atoms with E-state index in [4.69, 9.17) is 9.47 Å². The van der Waals surface area contributed by atoms with E-state index in [9.17, 15) is 4.39 Å². The van der Waals surface area contributed by atoms with Crippen molar-refractivity contribution in [1.82, 2.24) is 9.88 Å². The summed E-state index contributed by atoms with van der Waals surface area (Å²) in [5, 5.41) is 3.27. The van der Waals surface area contributed by atoms with Gasteiger partial charge in [0.1, 0.15) is 24.7 Å². The molecule has 6 heteroatoms. The van der Waals surface area contributed by atoms with Crippen molar-refractivity contribution >= 4 is 11.4 Å². The maximum atomic E-state index is 14.8. The van der Waals surface area contributed by atoms with E-state index >= 15 is 0 Å². The van der Waals surface area contributed by atoms with Crippen molar-refractivity contribution in [3.05, 3.63) is 114 Å². The van der Waals surface area contributed by atoms with Crippen molar-refractivity contribution in [3.8, 4) is 11.8 Å². The lowest BCUT2D eigenvalue weighted by Crippen LogP contribution is -2.42. The van der Waals surface area contributed by atoms with Gasteiger partial charge in [-0.1, -0.05) is 66.7 Å². The number of hydrogen-bond donors (Lipinski definition) is 1. The molecule has 4 aromatic rings. The normalized spacial score (nSPS) is 13.8. The smallest absolute Gasteiger partial charge is 0.241 e. The Hall–Kier alpha value is -3.90. The van der Waals surface area contributed by atoms with Crippen LogP contribution in [0.3, 0.4) is 0 Å². The maximum Gasteiger partial charge on any atom is 0.241 e. The van der Waals surface area contributed by atoms with Gasteiger partial charge in [0.2, 0.25) is 11.8 Å². The van der Waals surface area contributed by atoms with E-state index in [2.05, 4.69) is 15.2 Å². The predicted molar refractivity (Wildman–Crippen MR) is 136 cm³/mol. The largest absolute Gasteiger partial charge is 0.473 e. The molecular formula is C29H28FN3O2. The number of likely N-dealkylation sites (N-methyl/N-ethyl adjacent to an activating group) is 1. The Kier molecular flexibility index (Phi) is 6.91. The monoisotopic (exact) mass is 469 g/mol. The molecule has 1 aliphatic heterocycles. The molecule has 1 N–H and O–H groups in total. The quantitative estimate of drug-likeness (QED) is 0.319. The van der Waals surface area contributed by atoms with Gasteiger partial charge in [-0.15, -0.1) is 0 Å². The van der Waals surface area contributed by atoms with Gasteiger partial charge < -0.3 is 19.7 Å². The summed E-state index contributed by atoms with van der Waals surface area (Å²) in [6.45, 7) is 2.53. The number of likely N-dealkylation sites (tertiary alicyclic amines) is 1. The van der Waals surface area contributed by atoms with E-state index in [0.29, 0.717) is 36.3 Å². The molecule has 1 fully saturated rings. The van der Waals surface area contributed by atoms with Gasteiger partial charge in [-0.05, 0) is 41.9 Å². The van der Waals surface area contributed by atoms with Crippen LogP contribution in [0.15, 0.2) is 91.0 Å². The van der Waals surface area contributed by atoms with Crippen molar-refractivity contribution in [3.63, 3.8) is 0 Å². The molecule has 0 radical (unpaired) electrons. The molecule has 0 bridgehead atoms. The van der Waals surface area contributed by atoms with E-state index in [-0.39, 0.29) is 11.7 Å². The van der Waals surface area contributed by atoms with Gasteiger partial charge in [0.15, 0.2) is 0 Å². The van der Waals surface area contributed by atoms with Gasteiger partial charge in [0, 0.05) is 30.8 Å². The molecule has 35 heavy (non-hydrogen) atoms. The third kappa shape index (κ3) is 5.78. The molecule has 0 aliphatic carbocycles. The first kappa shape index (κ1) is 22.9. The van der Waals surface area contributed by atoms with E-state index < -0.39 is 0 Å². The molecule has 5 rings (SSSR count). The molecule has 3 aromatic carbocycles. The standard InChI is InChI=1S/C29H28FN3O2/c1-33-17-23(18-33)25-13-12-24(16-26(25)30)31-27-14-15-28(34-19-21-8-4-2-5-9-21)32-29(27)35-20-22-10-6-3-7-11-22/h2-16,23,31H,17-20H2,1H3. The minimum atomic E-state index is -0.198. The van der Waals surface area contributed by atoms with Crippen molar-refractivity contribution in [2.75, 3.05) is 25.5 Å². The molecule has 0 unspecified atom stereocenters. The number of anilines is 2. The highest BCUT2D eigenvalue weighted by atomic mass is 19.1. The number of nitrogens with zero attached hydrogens (tertiary/aromatic N) is 2. The van der Waals surface area contributed by atoms with Crippen LogP contribution in [-0.2, 0) is 13.2 Å². The highest BCUT2D eigenvalue weighted by molar-refractivity contribution is 5.65. The van der Waals surface area contributed by atoms with Crippen LogP contribution in [0.2, 0.25) is 0 Å². The van der Waals surface area contributed by atoms with Crippen LogP contribution in [0.4, 0.5) is 15.8 Å². The van der Waals surface area contributed by atoms with E-state index in [0.717, 1.165) is 29.8 Å². The summed E-state index contributed by atoms with van der Waals surface area (Å²) in [5.74, 6) is 0.903. The zero-order chi connectivity index (χ0) is 24.0. The van der Waals surface area contributed by atoms with E-state index in [1.165, 1.54) is 6.07 Å². The second-order valence-electron chi connectivity index (χ2n) is 8.83. The topological polar surface area (TPSA) is 46.6 Å². The predicted octanol–water partition coefficient (Wildman–Crippen LogP) is 6.15. The first-order chi connectivity index (χ1) is 17.1. The molecule has 0 amide bonds. The minimum Gasteiger partial charge on any atom is -0.473 e. The van der Waals surface area contributed by atoms with Crippen LogP contribution < -0.4 is 14.8 Å². The zero-order valence-electron chi connectivity index (χ0n) is 19.7. The molecule has 5 nitrogen and oxygen atoms in total. The molecule has 1 aromatic heterocycles. The van der Waals surface area contributed by atoms with Crippen molar-refractivity contribution < 1.29 is 13.9 Å². The summed E-state index contributed by atoms with van der Waals surface area (Å²) in [6, 6.07) is 28.7. The van der Waals surface area contributed by atoms with E-state index in [1.807, 2.05) is 85.9 Å². The molecule has 1 aliphatic rings. The van der Waals surface area contributed by atoms with Gasteiger partial charge in [-0.2, -0.15) is 4.98 Å². The molecule has 2 heterocycles. The average Bonchev–Trinajstić information content (AvgIpc) is 2.87. The number of rotatable bonds is 9. The lowest BCUT2D eigenvalue weighted by atomic mass is 9.91. The Morgan fingerprint density at radius 3 is 2.14 bits per heavy atom. The summed E-state index contributed by atoms with van der Waals surface area (Å²) in [7, 11) is 2.04. The summed E-state index contributed by atoms with van der Waals surface area (Å²) in [6.07, 6.45) is 0. The molecule has 0 spiro atoms. The first-order valence-electron chi connectivity index (χ1n) is 11.7. The van der Waals surface area contributed by atoms with Crippen LogP contribution in [0.5, 0.6) is 11.8 Å². The van der Waals surface area contributed by atoms with Crippen molar-refractivity contribution in [1.29, 1.82) is 0 Å². The van der Waals surface area contributed by atoms with Crippen LogP contribution >= 0.6 is 0 Å². The summed E-state index contributed by atoms with van der Waals surface area (Å²) >= 11 is 0. The molecule has 1 saturated heterocycles. The zero-order valence-corrected chi connectivity index (χ0v) is 19.7. The van der Waals surface area contributed by atoms with E-state index in [1.54, 1.807) is 6.07 Å². The fourth-order valence-corrected chi connectivity index (χ4v) is 4.15. The number of hydrogen-bond acceptors (Lipinski definition) is 5. The third-order valence-corrected chi connectivity index (χ3v) is 6.07. The fraction of sp³-hybridized carbons (Fsp3) is 0.207. The third-order valence-electron chi connectivity index (χ3n) is 6.07. The Bertz CT molecular complexity index is 1260. The molecular weight excluding hydrogens is 441 g/mol. The number of halogens is 1. The summed E-state index contributed by atoms with van der Waals surface area (Å²) in [5.41, 5.74) is 4.12. The Balaban J connectivity index is 1.34. The van der Waals surface area contributed by atoms with Crippen LogP contribution in [0.25, 0.3) is 0 Å². The summed E-state index contributed by atoms with van der Waals surface area (Å²) in [4.78, 5) is 6.77. The first-order valence-corrected chi connectivity index (χ1v) is 11.7. The SMILES string of the molecule is CN1CC(c2ccc(Nc3ccc(OCc4ccccc4)nc3OCc3ccccc3)cc2F)C1. The van der Waals surface area contributed by atoms with Gasteiger partial charge in [0.25, 0.3) is 0 Å². The maximum absolute atomic E-state index is 14.8. The van der Waals surface area contributed by atoms with Crippen molar-refractivity contribution in [2.45, 2.75) is 19.1 Å². The Labute approximate surface area is 205 Å². The van der Waals surface area contributed by atoms with Gasteiger partial charge in [-0.3, -0.25) is 0 Å². The number of nitrogens with one attached hydrogen (secondary N) is 1. The summed E-state index contributed by atoms with van der Waals surface area (Å²) < 4.78 is 26.8. The molecule has 178 valence electrons. The lowest BCUT2D eigenvalue weighted by molar-refractivity contribution is 0.186. The number of aromatic nitrogens is 1. The van der Waals surface area contributed by atoms with Gasteiger partial charge in [-0.25, -0.2) is 4.39 Å². The number of ether oxygens (including phenoxy) is 2. The Morgan fingerprint density at radius 1 is 0.857 bits per heavy atom. The van der Waals surface area contributed by atoms with Gasteiger partial charge in [0.05, 0.1) is 0 Å². The van der Waals surface area contributed by atoms with Crippen molar-refractivity contribution in [2.24, 2.45) is 0 Å². The minimum absolute atomic E-state index is 0.198. The second kappa shape index (κ2) is 10.6.